The van der Waals surface area contributed by atoms with Crippen molar-refractivity contribution in [1.82, 2.24) is 20.6 Å². The van der Waals surface area contributed by atoms with E-state index in [9.17, 15) is 18.0 Å². The quantitative estimate of drug-likeness (QED) is 0.501. The fourth-order valence-electron chi connectivity index (χ4n) is 2.33. The minimum absolute atomic E-state index is 0.0189. The lowest BCUT2D eigenvalue weighted by molar-refractivity contribution is -0.141. The normalized spacial score (nSPS) is 12.8. The number of nitrogens with zero attached hydrogens (tertiary/aromatic N) is 2. The molecule has 4 N–H and O–H groups in total. The lowest BCUT2D eigenvalue weighted by atomic mass is 10.1. The topological polar surface area (TPSA) is 102 Å². The average Bonchev–Trinajstić information content (AvgIpc) is 3.03. The number of hydrogen-bond donors (Lipinski definition) is 3. The van der Waals surface area contributed by atoms with Gasteiger partial charge in [0.1, 0.15) is 5.01 Å². The van der Waals surface area contributed by atoms with E-state index in [0.717, 1.165) is 11.3 Å². The Labute approximate surface area is 172 Å². The molecule has 0 aliphatic carbocycles. The second-order valence-electron chi connectivity index (χ2n) is 5.78. The van der Waals surface area contributed by atoms with Crippen LogP contribution in [-0.4, -0.2) is 36.3 Å². The predicted molar refractivity (Wildman–Crippen MR) is 103 cm³/mol. The smallest absolute Gasteiger partial charge is 0.383 e. The molecule has 0 bridgehead atoms. The van der Waals surface area contributed by atoms with Crippen molar-refractivity contribution in [2.24, 2.45) is 5.73 Å². The number of carbonyl (C=O) groups is 1. The van der Waals surface area contributed by atoms with Gasteiger partial charge in [-0.1, -0.05) is 0 Å². The van der Waals surface area contributed by atoms with Crippen LogP contribution in [0.2, 0.25) is 0 Å². The summed E-state index contributed by atoms with van der Waals surface area (Å²) in [5.41, 5.74) is 5.08. The number of aromatic nitrogens is 2. The molecular formula is C16H19BrF3N5O2S. The third-order valence-electron chi connectivity index (χ3n) is 3.64. The van der Waals surface area contributed by atoms with Crippen molar-refractivity contribution in [2.75, 3.05) is 20.3 Å². The van der Waals surface area contributed by atoms with Crippen LogP contribution in [0, 0.1) is 0 Å². The van der Waals surface area contributed by atoms with Crippen LogP contribution < -0.4 is 16.4 Å². The molecule has 0 fully saturated rings. The van der Waals surface area contributed by atoms with Gasteiger partial charge in [0.2, 0.25) is 0 Å². The molecule has 0 radical (unpaired) electrons. The van der Waals surface area contributed by atoms with Gasteiger partial charge in [0.15, 0.2) is 5.69 Å². The molecule has 1 atom stereocenters. The van der Waals surface area contributed by atoms with Gasteiger partial charge in [-0.25, -0.2) is 9.78 Å². The van der Waals surface area contributed by atoms with Gasteiger partial charge in [-0.2, -0.15) is 13.2 Å². The molecule has 2 rings (SSSR count). The molecule has 2 heterocycles. The summed E-state index contributed by atoms with van der Waals surface area (Å²) < 4.78 is 45.6. The zero-order valence-electron chi connectivity index (χ0n) is 15.1. The van der Waals surface area contributed by atoms with Gasteiger partial charge < -0.3 is 21.1 Å². The monoisotopic (exact) mass is 481 g/mol. The van der Waals surface area contributed by atoms with Crippen molar-refractivity contribution in [3.8, 4) is 10.6 Å². The molecule has 154 valence electrons. The highest BCUT2D eigenvalue weighted by Gasteiger charge is 2.37. The van der Waals surface area contributed by atoms with E-state index in [-0.39, 0.29) is 16.4 Å². The van der Waals surface area contributed by atoms with E-state index in [1.807, 2.05) is 0 Å². The number of carbonyl (C=O) groups excluding carboxylic acids is 1. The minimum atomic E-state index is -4.57. The Morgan fingerprint density at radius 1 is 1.46 bits per heavy atom. The third-order valence-corrected chi connectivity index (χ3v) is 5.36. The first-order chi connectivity index (χ1) is 13.1. The Kier molecular flexibility index (Phi) is 7.75. The second kappa shape index (κ2) is 9.63. The van der Waals surface area contributed by atoms with Crippen molar-refractivity contribution in [1.29, 1.82) is 0 Å². The van der Waals surface area contributed by atoms with Gasteiger partial charge in [0.25, 0.3) is 0 Å². The number of halogens is 4. The number of primary amides is 1. The molecule has 7 nitrogen and oxygen atoms in total. The molecule has 1 unspecified atom stereocenters. The van der Waals surface area contributed by atoms with E-state index in [1.165, 1.54) is 13.3 Å². The Balaban J connectivity index is 2.38. The van der Waals surface area contributed by atoms with Gasteiger partial charge in [0, 0.05) is 36.4 Å². The third kappa shape index (κ3) is 5.87. The lowest BCUT2D eigenvalue weighted by Crippen LogP contribution is -2.32. The maximum atomic E-state index is 13.4. The van der Waals surface area contributed by atoms with E-state index in [1.54, 1.807) is 13.0 Å². The standard InChI is InChI=1S/C16H19BrF3N5O2S/c1-8(24-15(21)26)11-5-9(10(17)6-23-11)14-25-13(16(18,19)20)12(28-14)7-22-3-4-27-2/h5-6,8,22H,3-4,7H2,1-2H3,(H3,21,24,26). The summed E-state index contributed by atoms with van der Waals surface area (Å²) in [6.45, 7) is 2.49. The Bertz CT molecular complexity index is 831. The summed E-state index contributed by atoms with van der Waals surface area (Å²) in [6.07, 6.45) is -3.12. The molecule has 0 aromatic carbocycles. The molecule has 0 aliphatic heterocycles. The highest BCUT2D eigenvalue weighted by atomic mass is 79.9. The van der Waals surface area contributed by atoms with E-state index in [2.05, 4.69) is 36.5 Å². The van der Waals surface area contributed by atoms with E-state index < -0.39 is 23.9 Å². The zero-order chi connectivity index (χ0) is 20.9. The number of rotatable bonds is 8. The number of alkyl halides is 3. The van der Waals surface area contributed by atoms with E-state index >= 15 is 0 Å². The van der Waals surface area contributed by atoms with Crippen LogP contribution in [0.4, 0.5) is 18.0 Å². The first-order valence-electron chi connectivity index (χ1n) is 8.11. The molecule has 28 heavy (non-hydrogen) atoms. The molecule has 0 aliphatic rings. The van der Waals surface area contributed by atoms with Crippen LogP contribution in [0.1, 0.15) is 29.2 Å². The van der Waals surface area contributed by atoms with E-state index in [0.29, 0.717) is 28.9 Å². The molecule has 2 aromatic rings. The lowest BCUT2D eigenvalue weighted by Gasteiger charge is -2.13. The number of hydrogen-bond acceptors (Lipinski definition) is 6. The maximum Gasteiger partial charge on any atom is 0.434 e. The van der Waals surface area contributed by atoms with Gasteiger partial charge >= 0.3 is 12.2 Å². The molecule has 2 aromatic heterocycles. The number of nitrogens with two attached hydrogens (primary N) is 1. The average molecular weight is 482 g/mol. The van der Waals surface area contributed by atoms with Crippen LogP contribution >= 0.6 is 27.3 Å². The molecule has 2 amide bonds. The number of thiazole rings is 1. The Morgan fingerprint density at radius 3 is 2.79 bits per heavy atom. The second-order valence-corrected chi connectivity index (χ2v) is 7.72. The first-order valence-corrected chi connectivity index (χ1v) is 9.72. The van der Waals surface area contributed by atoms with Crippen molar-refractivity contribution in [3.05, 3.63) is 33.0 Å². The van der Waals surface area contributed by atoms with Gasteiger partial charge in [-0.15, -0.1) is 11.3 Å². The molecule has 0 saturated carbocycles. The molecule has 0 spiro atoms. The van der Waals surface area contributed by atoms with Gasteiger partial charge in [0.05, 0.1) is 23.2 Å². The number of pyridine rings is 1. The predicted octanol–water partition coefficient (Wildman–Crippen LogP) is 3.45. The largest absolute Gasteiger partial charge is 0.434 e. The maximum absolute atomic E-state index is 13.4. The number of nitrogens with one attached hydrogen (secondary N) is 2. The van der Waals surface area contributed by atoms with Crippen LogP contribution in [0.25, 0.3) is 10.6 Å². The molecular weight excluding hydrogens is 463 g/mol. The molecule has 12 heteroatoms. The SMILES string of the molecule is COCCNCc1sc(-c2cc(C(C)NC(N)=O)ncc2Br)nc1C(F)(F)F. The van der Waals surface area contributed by atoms with E-state index in [4.69, 9.17) is 10.5 Å². The summed E-state index contributed by atoms with van der Waals surface area (Å²) in [4.78, 5) is 19.1. The van der Waals surface area contributed by atoms with Crippen molar-refractivity contribution < 1.29 is 22.7 Å². The first kappa shape index (κ1) is 22.5. The summed E-state index contributed by atoms with van der Waals surface area (Å²) in [7, 11) is 1.51. The van der Waals surface area contributed by atoms with Crippen molar-refractivity contribution >= 4 is 33.3 Å². The number of urea groups is 1. The zero-order valence-corrected chi connectivity index (χ0v) is 17.5. The van der Waals surface area contributed by atoms with Crippen LogP contribution in [-0.2, 0) is 17.5 Å². The van der Waals surface area contributed by atoms with Crippen LogP contribution in [0.15, 0.2) is 16.7 Å². The summed E-state index contributed by atoms with van der Waals surface area (Å²) >= 11 is 4.25. The highest BCUT2D eigenvalue weighted by Crippen LogP contribution is 2.40. The molecule has 0 saturated heterocycles. The number of amides is 2. The van der Waals surface area contributed by atoms with Gasteiger partial charge in [-0.3, -0.25) is 4.98 Å². The fraction of sp³-hybridized carbons (Fsp3) is 0.438. The number of ether oxygens (including phenoxy) is 1. The summed E-state index contributed by atoms with van der Waals surface area (Å²) in [5, 5.41) is 5.58. The van der Waals surface area contributed by atoms with Gasteiger partial charge in [-0.05, 0) is 28.9 Å². The Morgan fingerprint density at radius 2 is 2.18 bits per heavy atom. The fourth-order valence-corrected chi connectivity index (χ4v) is 3.94. The van der Waals surface area contributed by atoms with Crippen molar-refractivity contribution in [2.45, 2.75) is 25.7 Å². The van der Waals surface area contributed by atoms with Crippen LogP contribution in [0.5, 0.6) is 0 Å². The highest BCUT2D eigenvalue weighted by molar-refractivity contribution is 9.10. The number of methoxy groups -OCH3 is 1. The summed E-state index contributed by atoms with van der Waals surface area (Å²) in [5.74, 6) is 0. The minimum Gasteiger partial charge on any atom is -0.383 e. The summed E-state index contributed by atoms with van der Waals surface area (Å²) in [6, 6.07) is 0.338. The Hall–Kier alpha value is -1.76. The van der Waals surface area contributed by atoms with Crippen molar-refractivity contribution in [3.63, 3.8) is 0 Å². The van der Waals surface area contributed by atoms with Crippen LogP contribution in [0.3, 0.4) is 0 Å².